The van der Waals surface area contributed by atoms with E-state index in [2.05, 4.69) is 5.32 Å². The molecule has 2 aromatic carbocycles. The van der Waals surface area contributed by atoms with Crippen LogP contribution >= 0.6 is 11.8 Å². The highest BCUT2D eigenvalue weighted by atomic mass is 32.2. The van der Waals surface area contributed by atoms with E-state index in [0.29, 0.717) is 17.1 Å². The Bertz CT molecular complexity index is 1030. The van der Waals surface area contributed by atoms with Gasteiger partial charge in [0.25, 0.3) is 11.6 Å². The standard InChI is InChI=1S/C21H19N3O7S/c25-17(11-30-15-4-2-1-3-5-15)22-18-19(26)23-16(12-32-20(18)23)21(27)31-10-13-6-8-14(9-7-13)24(28)29/h1-9,16,18,20H,10-12H2,(H,22,25). The number of hydrogen-bond acceptors (Lipinski definition) is 8. The maximum atomic E-state index is 12.5. The number of ether oxygens (including phenoxy) is 2. The minimum Gasteiger partial charge on any atom is -0.484 e. The molecule has 10 nitrogen and oxygen atoms in total. The summed E-state index contributed by atoms with van der Waals surface area (Å²) in [5.41, 5.74) is 0.549. The predicted molar refractivity (Wildman–Crippen MR) is 114 cm³/mol. The van der Waals surface area contributed by atoms with Crippen LogP contribution in [0.1, 0.15) is 5.56 Å². The average molecular weight is 457 g/mol. The topological polar surface area (TPSA) is 128 Å². The molecular formula is C21H19N3O7S. The molecule has 0 bridgehead atoms. The first-order chi connectivity index (χ1) is 15.4. The van der Waals surface area contributed by atoms with Crippen LogP contribution in [-0.4, -0.2) is 57.4 Å². The summed E-state index contributed by atoms with van der Waals surface area (Å²) in [5.74, 6) is -0.399. The van der Waals surface area contributed by atoms with E-state index in [1.54, 1.807) is 24.3 Å². The molecule has 2 amide bonds. The fourth-order valence-corrected chi connectivity index (χ4v) is 4.89. The molecule has 0 saturated carbocycles. The lowest BCUT2D eigenvalue weighted by atomic mass is 10.0. The molecule has 11 heteroatoms. The maximum Gasteiger partial charge on any atom is 0.330 e. The van der Waals surface area contributed by atoms with Crippen molar-refractivity contribution < 1.29 is 28.8 Å². The molecule has 2 fully saturated rings. The first kappa shape index (κ1) is 21.6. The Morgan fingerprint density at radius 3 is 2.56 bits per heavy atom. The van der Waals surface area contributed by atoms with E-state index >= 15 is 0 Å². The van der Waals surface area contributed by atoms with E-state index in [-0.39, 0.29) is 30.2 Å². The van der Waals surface area contributed by atoms with Crippen molar-refractivity contribution in [1.82, 2.24) is 10.2 Å². The zero-order valence-corrected chi connectivity index (χ0v) is 17.5. The monoisotopic (exact) mass is 457 g/mol. The van der Waals surface area contributed by atoms with Gasteiger partial charge in [-0.25, -0.2) is 4.79 Å². The first-order valence-corrected chi connectivity index (χ1v) is 10.8. The molecule has 166 valence electrons. The van der Waals surface area contributed by atoms with Crippen LogP contribution in [0.15, 0.2) is 54.6 Å². The van der Waals surface area contributed by atoms with E-state index in [9.17, 15) is 24.5 Å². The fourth-order valence-electron chi connectivity index (χ4n) is 3.42. The van der Waals surface area contributed by atoms with E-state index in [4.69, 9.17) is 9.47 Å². The second-order valence-electron chi connectivity index (χ2n) is 7.16. The van der Waals surface area contributed by atoms with Crippen molar-refractivity contribution in [3.63, 3.8) is 0 Å². The third-order valence-electron chi connectivity index (χ3n) is 5.07. The number of nitrogens with one attached hydrogen (secondary N) is 1. The number of rotatable bonds is 8. The van der Waals surface area contributed by atoms with Gasteiger partial charge in [-0.1, -0.05) is 18.2 Å². The van der Waals surface area contributed by atoms with Gasteiger partial charge in [0.2, 0.25) is 5.91 Å². The van der Waals surface area contributed by atoms with E-state index < -0.39 is 28.9 Å². The van der Waals surface area contributed by atoms with Gasteiger partial charge in [0, 0.05) is 17.9 Å². The molecule has 0 aromatic heterocycles. The van der Waals surface area contributed by atoms with Crippen molar-refractivity contribution in [3.8, 4) is 5.75 Å². The van der Waals surface area contributed by atoms with Crippen molar-refractivity contribution in [1.29, 1.82) is 0 Å². The molecule has 2 saturated heterocycles. The van der Waals surface area contributed by atoms with Gasteiger partial charge in [0.15, 0.2) is 6.61 Å². The molecule has 2 aliphatic rings. The number of nitrogens with zero attached hydrogens (tertiary/aromatic N) is 2. The lowest BCUT2D eigenvalue weighted by Gasteiger charge is -2.43. The minimum atomic E-state index is -0.732. The summed E-state index contributed by atoms with van der Waals surface area (Å²) in [5, 5.41) is 13.0. The smallest absolute Gasteiger partial charge is 0.330 e. The molecule has 3 unspecified atom stereocenters. The Kier molecular flexibility index (Phi) is 6.26. The molecule has 2 aromatic rings. The van der Waals surface area contributed by atoms with Gasteiger partial charge in [0.05, 0.1) is 4.92 Å². The van der Waals surface area contributed by atoms with Gasteiger partial charge in [-0.05, 0) is 29.8 Å². The van der Waals surface area contributed by atoms with Crippen LogP contribution in [0.4, 0.5) is 5.69 Å². The van der Waals surface area contributed by atoms with Crippen molar-refractivity contribution in [3.05, 3.63) is 70.3 Å². The number of amides is 2. The SMILES string of the molecule is O=C(COc1ccccc1)NC1C(=O)N2C(C(=O)OCc3ccc([N+](=O)[O-])cc3)CSC12. The molecule has 32 heavy (non-hydrogen) atoms. The number of thioether (sulfide) groups is 1. The highest BCUT2D eigenvalue weighted by Gasteiger charge is 2.57. The number of carbonyl (C=O) groups excluding carboxylic acids is 3. The number of esters is 1. The number of para-hydroxylation sites is 1. The van der Waals surface area contributed by atoms with Crippen LogP contribution in [0, 0.1) is 10.1 Å². The largest absolute Gasteiger partial charge is 0.484 e. The molecule has 2 heterocycles. The van der Waals surface area contributed by atoms with Gasteiger partial charge in [-0.15, -0.1) is 11.8 Å². The lowest BCUT2D eigenvalue weighted by molar-refractivity contribution is -0.384. The van der Waals surface area contributed by atoms with Crippen molar-refractivity contribution in [2.45, 2.75) is 24.1 Å². The highest BCUT2D eigenvalue weighted by molar-refractivity contribution is 8.00. The normalized spacial score (nSPS) is 21.3. The zero-order chi connectivity index (χ0) is 22.7. The Morgan fingerprint density at radius 1 is 1.16 bits per heavy atom. The van der Waals surface area contributed by atoms with Crippen LogP contribution in [0.25, 0.3) is 0 Å². The maximum absolute atomic E-state index is 12.5. The van der Waals surface area contributed by atoms with Gasteiger partial charge in [-0.3, -0.25) is 19.7 Å². The lowest BCUT2D eigenvalue weighted by Crippen LogP contribution is -2.70. The van der Waals surface area contributed by atoms with Crippen LogP contribution in [0.2, 0.25) is 0 Å². The van der Waals surface area contributed by atoms with Crippen LogP contribution in [-0.2, 0) is 25.7 Å². The quantitative estimate of drug-likeness (QED) is 0.273. The third kappa shape index (κ3) is 4.52. The Balaban J connectivity index is 1.25. The van der Waals surface area contributed by atoms with E-state index in [1.165, 1.54) is 40.9 Å². The van der Waals surface area contributed by atoms with E-state index in [1.807, 2.05) is 6.07 Å². The average Bonchev–Trinajstić information content (AvgIpc) is 3.21. The highest BCUT2D eigenvalue weighted by Crippen LogP contribution is 2.40. The van der Waals surface area contributed by atoms with Crippen LogP contribution in [0.3, 0.4) is 0 Å². The molecule has 0 radical (unpaired) electrons. The fraction of sp³-hybridized carbons (Fsp3) is 0.286. The minimum absolute atomic E-state index is 0.0523. The summed E-state index contributed by atoms with van der Waals surface area (Å²) in [4.78, 5) is 48.8. The van der Waals surface area contributed by atoms with Gasteiger partial charge in [-0.2, -0.15) is 0 Å². The summed E-state index contributed by atoms with van der Waals surface area (Å²) in [6.45, 7) is -0.270. The Morgan fingerprint density at radius 2 is 1.88 bits per heavy atom. The number of non-ortho nitro benzene ring substituents is 1. The van der Waals surface area contributed by atoms with Crippen molar-refractivity contribution >= 4 is 35.2 Å². The number of nitro benzene ring substituents is 1. The Labute approximate surface area is 187 Å². The predicted octanol–water partition coefficient (Wildman–Crippen LogP) is 1.49. The van der Waals surface area contributed by atoms with E-state index in [0.717, 1.165) is 0 Å². The van der Waals surface area contributed by atoms with Crippen molar-refractivity contribution in [2.24, 2.45) is 0 Å². The number of fused-ring (bicyclic) bond motifs is 1. The number of β-lactam (4-membered cyclic amide) rings is 1. The third-order valence-corrected chi connectivity index (χ3v) is 6.42. The van der Waals surface area contributed by atoms with Crippen molar-refractivity contribution in [2.75, 3.05) is 12.4 Å². The molecule has 0 spiro atoms. The molecule has 4 rings (SSSR count). The number of hydrogen-bond donors (Lipinski definition) is 1. The summed E-state index contributed by atoms with van der Waals surface area (Å²) in [6.07, 6.45) is 0. The molecular weight excluding hydrogens is 438 g/mol. The summed E-state index contributed by atoms with van der Waals surface area (Å²) < 4.78 is 10.7. The first-order valence-electron chi connectivity index (χ1n) is 9.75. The second-order valence-corrected chi connectivity index (χ2v) is 8.31. The second kappa shape index (κ2) is 9.27. The Hall–Kier alpha value is -3.60. The zero-order valence-electron chi connectivity index (χ0n) is 16.7. The van der Waals surface area contributed by atoms with Gasteiger partial charge >= 0.3 is 5.97 Å². The summed E-state index contributed by atoms with van der Waals surface area (Å²) in [6, 6.07) is 13.1. The van der Waals surface area contributed by atoms with Gasteiger partial charge in [0.1, 0.15) is 29.8 Å². The van der Waals surface area contributed by atoms with Crippen LogP contribution < -0.4 is 10.1 Å². The number of carbonyl (C=O) groups is 3. The summed E-state index contributed by atoms with van der Waals surface area (Å²) in [7, 11) is 0. The van der Waals surface area contributed by atoms with Gasteiger partial charge < -0.3 is 19.7 Å². The summed E-state index contributed by atoms with van der Waals surface area (Å²) >= 11 is 1.40. The number of benzene rings is 2. The molecule has 0 aliphatic carbocycles. The molecule has 1 N–H and O–H groups in total. The van der Waals surface area contributed by atoms with Crippen LogP contribution in [0.5, 0.6) is 5.75 Å². The molecule has 3 atom stereocenters. The molecule has 2 aliphatic heterocycles. The number of nitro groups is 1.